The van der Waals surface area contributed by atoms with Gasteiger partial charge in [-0.3, -0.25) is 4.68 Å². The number of carbonyl (C=O) groups excluding carboxylic acids is 1. The number of para-hydroxylation sites is 1. The molecule has 1 aromatic heterocycles. The van der Waals surface area contributed by atoms with Crippen LogP contribution in [0, 0.1) is 0 Å². The Morgan fingerprint density at radius 3 is 2.52 bits per heavy atom. The van der Waals surface area contributed by atoms with Crippen LogP contribution in [0.5, 0.6) is 0 Å². The molecule has 1 aliphatic carbocycles. The maximum atomic E-state index is 12.0. The van der Waals surface area contributed by atoms with E-state index in [2.05, 4.69) is 15.7 Å². The standard InChI is InChI=1S/C16H20N4O/c21-16(18-13-5-2-1-3-6-13)19-14-7-9-15(10-8-14)20-12-4-11-17-20/h1-6,11-12,14-15H,7-10H2,(H2,18,19,21). The molecule has 0 atom stereocenters. The summed E-state index contributed by atoms with van der Waals surface area (Å²) in [6.07, 6.45) is 7.92. The first-order valence-electron chi connectivity index (χ1n) is 7.43. The zero-order chi connectivity index (χ0) is 14.5. The van der Waals surface area contributed by atoms with Crippen molar-refractivity contribution in [1.29, 1.82) is 0 Å². The van der Waals surface area contributed by atoms with E-state index in [1.54, 1.807) is 0 Å². The second-order valence-corrected chi connectivity index (χ2v) is 5.46. The fourth-order valence-corrected chi connectivity index (χ4v) is 2.86. The van der Waals surface area contributed by atoms with Crippen molar-refractivity contribution in [3.63, 3.8) is 0 Å². The predicted octanol–water partition coefficient (Wildman–Crippen LogP) is 3.19. The number of urea groups is 1. The van der Waals surface area contributed by atoms with Crippen LogP contribution in [0.2, 0.25) is 0 Å². The SMILES string of the molecule is O=C(Nc1ccccc1)NC1CCC(n2cccn2)CC1. The normalized spacial score (nSPS) is 21.7. The van der Waals surface area contributed by atoms with Crippen LogP contribution in [-0.4, -0.2) is 21.9 Å². The molecule has 2 aromatic rings. The van der Waals surface area contributed by atoms with Gasteiger partial charge in [0.25, 0.3) is 0 Å². The van der Waals surface area contributed by atoms with Crippen molar-refractivity contribution in [2.24, 2.45) is 0 Å². The second-order valence-electron chi connectivity index (χ2n) is 5.46. The molecule has 1 heterocycles. The molecule has 0 spiro atoms. The van der Waals surface area contributed by atoms with E-state index in [0.29, 0.717) is 6.04 Å². The van der Waals surface area contributed by atoms with Crippen molar-refractivity contribution >= 4 is 11.7 Å². The van der Waals surface area contributed by atoms with E-state index < -0.39 is 0 Å². The number of rotatable bonds is 3. The van der Waals surface area contributed by atoms with Gasteiger partial charge in [0, 0.05) is 24.1 Å². The van der Waals surface area contributed by atoms with E-state index in [-0.39, 0.29) is 12.1 Å². The van der Waals surface area contributed by atoms with Crippen LogP contribution >= 0.6 is 0 Å². The van der Waals surface area contributed by atoms with E-state index in [0.717, 1.165) is 31.4 Å². The lowest BCUT2D eigenvalue weighted by molar-refractivity contribution is 0.236. The van der Waals surface area contributed by atoms with Crippen LogP contribution in [-0.2, 0) is 0 Å². The Hall–Kier alpha value is -2.30. The monoisotopic (exact) mass is 284 g/mol. The number of hydrogen-bond acceptors (Lipinski definition) is 2. The number of amides is 2. The summed E-state index contributed by atoms with van der Waals surface area (Å²) >= 11 is 0. The Labute approximate surface area is 124 Å². The molecule has 0 aliphatic heterocycles. The topological polar surface area (TPSA) is 59.0 Å². The minimum atomic E-state index is -0.122. The third-order valence-electron chi connectivity index (χ3n) is 3.96. The van der Waals surface area contributed by atoms with E-state index in [9.17, 15) is 4.79 Å². The van der Waals surface area contributed by atoms with E-state index >= 15 is 0 Å². The molecule has 2 amide bonds. The Balaban J connectivity index is 1.46. The molecule has 1 saturated carbocycles. The quantitative estimate of drug-likeness (QED) is 0.909. The van der Waals surface area contributed by atoms with Gasteiger partial charge < -0.3 is 10.6 Å². The van der Waals surface area contributed by atoms with Crippen molar-refractivity contribution < 1.29 is 4.79 Å². The highest BCUT2D eigenvalue weighted by Crippen LogP contribution is 2.27. The molecule has 1 aliphatic rings. The molecule has 0 saturated heterocycles. The highest BCUT2D eigenvalue weighted by atomic mass is 16.2. The van der Waals surface area contributed by atoms with Gasteiger partial charge in [-0.2, -0.15) is 5.10 Å². The average Bonchev–Trinajstić information content (AvgIpc) is 3.03. The highest BCUT2D eigenvalue weighted by molar-refractivity contribution is 5.89. The van der Waals surface area contributed by atoms with E-state index in [1.807, 2.05) is 53.5 Å². The summed E-state index contributed by atoms with van der Waals surface area (Å²) in [5, 5.41) is 10.2. The third-order valence-corrected chi connectivity index (χ3v) is 3.96. The van der Waals surface area contributed by atoms with Crippen molar-refractivity contribution in [2.45, 2.75) is 37.8 Å². The van der Waals surface area contributed by atoms with Gasteiger partial charge in [-0.15, -0.1) is 0 Å². The molecule has 3 rings (SSSR count). The Kier molecular flexibility index (Phi) is 4.19. The molecule has 21 heavy (non-hydrogen) atoms. The van der Waals surface area contributed by atoms with Gasteiger partial charge in [0.05, 0.1) is 6.04 Å². The number of carbonyl (C=O) groups is 1. The molecule has 0 unspecified atom stereocenters. The molecular formula is C16H20N4O. The van der Waals surface area contributed by atoms with Crippen LogP contribution in [0.1, 0.15) is 31.7 Å². The fraction of sp³-hybridized carbons (Fsp3) is 0.375. The summed E-state index contributed by atoms with van der Waals surface area (Å²) in [7, 11) is 0. The summed E-state index contributed by atoms with van der Waals surface area (Å²) in [6.45, 7) is 0. The molecular weight excluding hydrogens is 264 g/mol. The van der Waals surface area contributed by atoms with Gasteiger partial charge >= 0.3 is 6.03 Å². The summed E-state index contributed by atoms with van der Waals surface area (Å²) in [4.78, 5) is 12.0. The highest BCUT2D eigenvalue weighted by Gasteiger charge is 2.23. The fourth-order valence-electron chi connectivity index (χ4n) is 2.86. The lowest BCUT2D eigenvalue weighted by atomic mass is 9.91. The molecule has 0 bridgehead atoms. The van der Waals surface area contributed by atoms with Crippen LogP contribution in [0.4, 0.5) is 10.5 Å². The molecule has 1 aromatic carbocycles. The molecule has 2 N–H and O–H groups in total. The number of nitrogens with zero attached hydrogens (tertiary/aromatic N) is 2. The molecule has 0 radical (unpaired) electrons. The maximum Gasteiger partial charge on any atom is 0.319 e. The molecule has 5 nitrogen and oxygen atoms in total. The van der Waals surface area contributed by atoms with E-state index in [4.69, 9.17) is 0 Å². The number of aromatic nitrogens is 2. The first-order valence-corrected chi connectivity index (χ1v) is 7.43. The first kappa shape index (κ1) is 13.7. The van der Waals surface area contributed by atoms with Gasteiger partial charge in [-0.25, -0.2) is 4.79 Å². The van der Waals surface area contributed by atoms with Crippen LogP contribution < -0.4 is 10.6 Å². The van der Waals surface area contributed by atoms with Crippen molar-refractivity contribution in [1.82, 2.24) is 15.1 Å². The number of hydrogen-bond donors (Lipinski definition) is 2. The summed E-state index contributed by atoms with van der Waals surface area (Å²) in [5.74, 6) is 0. The maximum absolute atomic E-state index is 12.0. The number of benzene rings is 1. The lowest BCUT2D eigenvalue weighted by Crippen LogP contribution is -2.40. The summed E-state index contributed by atoms with van der Waals surface area (Å²) < 4.78 is 2.03. The molecule has 110 valence electrons. The first-order chi connectivity index (χ1) is 10.3. The minimum Gasteiger partial charge on any atom is -0.335 e. The summed E-state index contributed by atoms with van der Waals surface area (Å²) in [6, 6.07) is 12.1. The second kappa shape index (κ2) is 6.43. The zero-order valence-corrected chi connectivity index (χ0v) is 11.9. The third kappa shape index (κ3) is 3.62. The number of nitrogens with one attached hydrogen (secondary N) is 2. The van der Waals surface area contributed by atoms with Gasteiger partial charge in [-0.05, 0) is 43.9 Å². The van der Waals surface area contributed by atoms with Gasteiger partial charge in [-0.1, -0.05) is 18.2 Å². The van der Waals surface area contributed by atoms with Crippen molar-refractivity contribution in [2.75, 3.05) is 5.32 Å². The smallest absolute Gasteiger partial charge is 0.319 e. The predicted molar refractivity (Wildman–Crippen MR) is 82.1 cm³/mol. The summed E-state index contributed by atoms with van der Waals surface area (Å²) in [5.41, 5.74) is 0.820. The van der Waals surface area contributed by atoms with Crippen LogP contribution in [0.3, 0.4) is 0 Å². The molecule has 5 heteroatoms. The van der Waals surface area contributed by atoms with Gasteiger partial charge in [0.15, 0.2) is 0 Å². The van der Waals surface area contributed by atoms with Crippen molar-refractivity contribution in [3.05, 3.63) is 48.8 Å². The van der Waals surface area contributed by atoms with Crippen LogP contribution in [0.25, 0.3) is 0 Å². The van der Waals surface area contributed by atoms with E-state index in [1.165, 1.54) is 0 Å². The number of anilines is 1. The zero-order valence-electron chi connectivity index (χ0n) is 11.9. The van der Waals surface area contributed by atoms with Crippen molar-refractivity contribution in [3.8, 4) is 0 Å². The minimum absolute atomic E-state index is 0.122. The Bertz CT molecular complexity index is 559. The Morgan fingerprint density at radius 2 is 1.86 bits per heavy atom. The average molecular weight is 284 g/mol. The Morgan fingerprint density at radius 1 is 1.10 bits per heavy atom. The molecule has 1 fully saturated rings. The largest absolute Gasteiger partial charge is 0.335 e. The van der Waals surface area contributed by atoms with Crippen LogP contribution in [0.15, 0.2) is 48.8 Å². The lowest BCUT2D eigenvalue weighted by Gasteiger charge is -2.29. The van der Waals surface area contributed by atoms with Gasteiger partial charge in [0.1, 0.15) is 0 Å². The van der Waals surface area contributed by atoms with Gasteiger partial charge in [0.2, 0.25) is 0 Å².